The largest absolute Gasteiger partial charge is 0.470 e. The summed E-state index contributed by atoms with van der Waals surface area (Å²) in [4.78, 5) is 41.8. The summed E-state index contributed by atoms with van der Waals surface area (Å²) < 4.78 is 31.3. The number of unbranched alkanes of at least 4 members (excludes halogenated alkanes) is 14. The summed E-state index contributed by atoms with van der Waals surface area (Å²) in [7, 11) is 0. The lowest BCUT2D eigenvalue weighted by molar-refractivity contribution is -0.173. The molecule has 1 fully saturated rings. The molecule has 0 spiro atoms. The Labute approximate surface area is 294 Å². The van der Waals surface area contributed by atoms with Gasteiger partial charge in [-0.25, -0.2) is 4.79 Å². The summed E-state index contributed by atoms with van der Waals surface area (Å²) in [5.74, 6) is -0.290. The Morgan fingerprint density at radius 3 is 1.92 bits per heavy atom. The number of esters is 2. The summed E-state index contributed by atoms with van der Waals surface area (Å²) in [6.07, 6.45) is 17.2. The van der Waals surface area contributed by atoms with Gasteiger partial charge >= 0.3 is 11.9 Å². The molecule has 0 aromatic carbocycles. The van der Waals surface area contributed by atoms with E-state index in [2.05, 4.69) is 15.7 Å². The van der Waals surface area contributed by atoms with Crippen molar-refractivity contribution in [2.24, 2.45) is 0 Å². The summed E-state index contributed by atoms with van der Waals surface area (Å²) in [6.45, 7) is 13.6. The third-order valence-corrected chi connectivity index (χ3v) is 9.14. The average molecular weight is 697 g/mol. The Morgan fingerprint density at radius 2 is 1.40 bits per heavy atom. The summed E-state index contributed by atoms with van der Waals surface area (Å²) in [5.41, 5.74) is -0.511. The third kappa shape index (κ3) is 17.3. The predicted molar refractivity (Wildman–Crippen MR) is 191 cm³/mol. The van der Waals surface area contributed by atoms with Crippen molar-refractivity contribution in [3.05, 3.63) is 0 Å². The number of nitrogens with zero attached hydrogens (tertiary/aromatic N) is 4. The van der Waals surface area contributed by atoms with E-state index in [1.165, 1.54) is 90.9 Å². The Balaban J connectivity index is 1.73. The molecular weight excluding hydrogens is 632 g/mol. The van der Waals surface area contributed by atoms with Gasteiger partial charge in [0.05, 0.1) is 31.5 Å². The monoisotopic (exact) mass is 696 g/mol. The molecule has 0 radical (unpaired) electrons. The van der Waals surface area contributed by atoms with Crippen LogP contribution < -0.4 is 9.64 Å². The highest BCUT2D eigenvalue weighted by molar-refractivity contribution is 6.99. The van der Waals surface area contributed by atoms with Crippen molar-refractivity contribution < 1.29 is 33.3 Å². The van der Waals surface area contributed by atoms with Gasteiger partial charge in [0.15, 0.2) is 12.2 Å². The minimum Gasteiger partial charge on any atom is -0.470 e. The van der Waals surface area contributed by atoms with E-state index in [0.717, 1.165) is 31.0 Å². The van der Waals surface area contributed by atoms with Crippen molar-refractivity contribution in [3.8, 4) is 5.88 Å². The van der Waals surface area contributed by atoms with Gasteiger partial charge in [0.25, 0.3) is 5.88 Å². The van der Waals surface area contributed by atoms with Gasteiger partial charge < -0.3 is 28.7 Å². The Morgan fingerprint density at radius 1 is 0.854 bits per heavy atom. The first-order valence-corrected chi connectivity index (χ1v) is 19.2. The lowest BCUT2D eigenvalue weighted by atomic mass is 10.0. The van der Waals surface area contributed by atoms with Crippen molar-refractivity contribution in [2.45, 2.75) is 162 Å². The summed E-state index contributed by atoms with van der Waals surface area (Å²) in [5, 5.41) is 0. The predicted octanol–water partition coefficient (Wildman–Crippen LogP) is 7.51. The zero-order chi connectivity index (χ0) is 35.2. The molecule has 1 amide bonds. The number of morpholine rings is 1. The topological polar surface area (TPSA) is 120 Å². The van der Waals surface area contributed by atoms with Crippen LogP contribution in [-0.4, -0.2) is 88.7 Å². The molecule has 0 saturated carbocycles. The van der Waals surface area contributed by atoms with Gasteiger partial charge in [0, 0.05) is 32.0 Å². The summed E-state index contributed by atoms with van der Waals surface area (Å²) >= 11 is 1.04. The van der Waals surface area contributed by atoms with Crippen LogP contribution in [0.4, 0.5) is 5.82 Å². The number of carbonyl (C=O) groups is 3. The molecule has 1 aromatic heterocycles. The van der Waals surface area contributed by atoms with E-state index in [9.17, 15) is 14.4 Å². The second kappa shape index (κ2) is 23.8. The first-order chi connectivity index (χ1) is 23.0. The van der Waals surface area contributed by atoms with Crippen LogP contribution in [0.3, 0.4) is 0 Å². The smallest absolute Gasteiger partial charge is 0.347 e. The second-order valence-corrected chi connectivity index (χ2v) is 14.5. The molecule has 0 aliphatic carbocycles. The second-order valence-electron chi connectivity index (χ2n) is 14.0. The Bertz CT molecular complexity index is 1040. The average Bonchev–Trinajstić information content (AvgIpc) is 3.52. The molecule has 2 rings (SSSR count). The van der Waals surface area contributed by atoms with Crippen molar-refractivity contribution in [1.29, 1.82) is 0 Å². The normalized spacial score (nSPS) is 14.8. The molecule has 276 valence electrons. The zero-order valence-corrected chi connectivity index (χ0v) is 31.6. The van der Waals surface area contributed by atoms with Crippen molar-refractivity contribution in [1.82, 2.24) is 13.6 Å². The maximum atomic E-state index is 13.1. The lowest BCUT2D eigenvalue weighted by Gasteiger charge is -2.37. The van der Waals surface area contributed by atoms with Crippen LogP contribution in [0, 0.1) is 0 Å². The number of ether oxygens (including phenoxy) is 4. The van der Waals surface area contributed by atoms with Crippen molar-refractivity contribution in [3.63, 3.8) is 0 Å². The molecule has 0 N–H and O–H groups in total. The minimum absolute atomic E-state index is 0.0475. The highest BCUT2D eigenvalue weighted by atomic mass is 32.1. The molecule has 11 nitrogen and oxygen atoms in total. The molecule has 1 aliphatic heterocycles. The quantitative estimate of drug-likeness (QED) is 0.0751. The van der Waals surface area contributed by atoms with Crippen LogP contribution in [-0.2, 0) is 28.6 Å². The number of anilines is 1. The van der Waals surface area contributed by atoms with Crippen molar-refractivity contribution in [2.75, 3.05) is 44.4 Å². The van der Waals surface area contributed by atoms with Crippen LogP contribution in [0.15, 0.2) is 0 Å². The molecule has 2 atom stereocenters. The van der Waals surface area contributed by atoms with Gasteiger partial charge in [0.1, 0.15) is 6.61 Å². The summed E-state index contributed by atoms with van der Waals surface area (Å²) in [6, 6.07) is 0. The Hall–Kier alpha value is -2.47. The van der Waals surface area contributed by atoms with E-state index in [-0.39, 0.29) is 25.5 Å². The van der Waals surface area contributed by atoms with E-state index in [0.29, 0.717) is 38.0 Å². The third-order valence-electron chi connectivity index (χ3n) is 8.64. The SMILES string of the molecule is CCCCCCCCCCCCCCCCCC(=O)OC(C)C(=O)O[C@H](COc1nsnc1N1CCOCC1)CN(C(C)=O)C(C)(C)C. The maximum absolute atomic E-state index is 13.1. The van der Waals surface area contributed by atoms with Gasteiger partial charge in [-0.1, -0.05) is 96.8 Å². The van der Waals surface area contributed by atoms with Gasteiger partial charge in [-0.3, -0.25) is 9.59 Å². The molecule has 0 bridgehead atoms. The van der Waals surface area contributed by atoms with Crippen LogP contribution in [0.2, 0.25) is 0 Å². The fourth-order valence-electron chi connectivity index (χ4n) is 5.81. The van der Waals surface area contributed by atoms with E-state index < -0.39 is 29.7 Å². The van der Waals surface area contributed by atoms with Gasteiger partial charge in [-0.05, 0) is 34.1 Å². The number of amides is 1. The van der Waals surface area contributed by atoms with Gasteiger partial charge in [0.2, 0.25) is 11.7 Å². The van der Waals surface area contributed by atoms with E-state index in [4.69, 9.17) is 18.9 Å². The van der Waals surface area contributed by atoms with E-state index >= 15 is 0 Å². The van der Waals surface area contributed by atoms with Gasteiger partial charge in [-0.15, -0.1) is 4.37 Å². The first-order valence-electron chi connectivity index (χ1n) is 18.5. The van der Waals surface area contributed by atoms with Gasteiger partial charge in [-0.2, -0.15) is 4.37 Å². The van der Waals surface area contributed by atoms with E-state index in [1.54, 1.807) is 4.90 Å². The fourth-order valence-corrected chi connectivity index (χ4v) is 6.33. The minimum atomic E-state index is -1.08. The molecule has 48 heavy (non-hydrogen) atoms. The molecule has 1 aromatic rings. The van der Waals surface area contributed by atoms with Crippen LogP contribution in [0.25, 0.3) is 0 Å². The number of carbonyl (C=O) groups excluding carboxylic acids is 3. The number of rotatable bonds is 25. The lowest BCUT2D eigenvalue weighted by Crippen LogP contribution is -2.50. The zero-order valence-electron chi connectivity index (χ0n) is 30.8. The Kier molecular flexibility index (Phi) is 20.7. The first kappa shape index (κ1) is 41.7. The molecule has 1 unspecified atom stereocenters. The number of aromatic nitrogens is 2. The van der Waals surface area contributed by atoms with Crippen LogP contribution in [0.5, 0.6) is 5.88 Å². The maximum Gasteiger partial charge on any atom is 0.347 e. The number of hydrogen-bond acceptors (Lipinski definition) is 11. The molecular formula is C36H64N4O7S. The molecule has 1 saturated heterocycles. The molecule has 2 heterocycles. The standard InChI is InChI=1S/C36H64N4O7S/c1-7-8-9-10-11-12-13-14-15-16-17-18-19-20-21-22-32(42)46-29(2)35(43)47-31(27-40(30(3)41)36(4,5)6)28-45-34-33(37-48-38-34)39-23-25-44-26-24-39/h29,31H,7-28H2,1-6H3/t29?,31-/m0/s1. The highest BCUT2D eigenvalue weighted by Crippen LogP contribution is 2.27. The van der Waals surface area contributed by atoms with E-state index in [1.807, 2.05) is 25.7 Å². The van der Waals surface area contributed by atoms with Crippen molar-refractivity contribution >= 4 is 35.4 Å². The highest BCUT2D eigenvalue weighted by Gasteiger charge is 2.31. The van der Waals surface area contributed by atoms with Crippen LogP contribution in [0.1, 0.15) is 144 Å². The fraction of sp³-hybridized carbons (Fsp3) is 0.861. The van der Waals surface area contributed by atoms with Crippen LogP contribution >= 0.6 is 11.7 Å². The molecule has 1 aliphatic rings. The number of hydrogen-bond donors (Lipinski definition) is 0. The molecule has 12 heteroatoms.